The summed E-state index contributed by atoms with van der Waals surface area (Å²) in [5.74, 6) is 0.634. The van der Waals surface area contributed by atoms with E-state index >= 15 is 0 Å². The molecular weight excluding hydrogens is 337 g/mol. The summed E-state index contributed by atoms with van der Waals surface area (Å²) in [6.07, 6.45) is 0.735. The first-order valence-corrected chi connectivity index (χ1v) is 6.96. The summed E-state index contributed by atoms with van der Waals surface area (Å²) < 4.78 is 1.01. The lowest BCUT2D eigenvalue weighted by Gasteiger charge is -2.10. The second-order valence-electron chi connectivity index (χ2n) is 3.49. The van der Waals surface area contributed by atoms with Crippen molar-refractivity contribution in [3.05, 3.63) is 33.4 Å². The maximum atomic E-state index is 11.8. The Morgan fingerprint density at radius 2 is 2.31 bits per heavy atom. The van der Waals surface area contributed by atoms with E-state index in [1.165, 1.54) is 11.8 Å². The maximum absolute atomic E-state index is 11.8. The number of carbonyl (C=O) groups excluding carboxylic acids is 2. The molecule has 1 amide bonds. The molecule has 1 aromatic carbocycles. The molecule has 0 radical (unpaired) electrons. The smallest absolute Gasteiger partial charge is 0.251 e. The number of hydrogen-bond donors (Lipinski definition) is 1. The molecule has 1 aromatic rings. The van der Waals surface area contributed by atoms with Crippen LogP contribution in [0, 0.1) is 3.57 Å². The summed E-state index contributed by atoms with van der Waals surface area (Å²) in [6.45, 7) is 0. The zero-order valence-corrected chi connectivity index (χ0v) is 11.4. The summed E-state index contributed by atoms with van der Waals surface area (Å²) in [5, 5.41) is 2.83. The Hall–Kier alpha value is -0.560. The van der Waals surface area contributed by atoms with Crippen molar-refractivity contribution in [3.8, 4) is 0 Å². The van der Waals surface area contributed by atoms with Crippen LogP contribution in [-0.2, 0) is 4.79 Å². The number of benzene rings is 1. The van der Waals surface area contributed by atoms with Gasteiger partial charge in [-0.1, -0.05) is 17.8 Å². The highest BCUT2D eigenvalue weighted by atomic mass is 127. The molecule has 3 nitrogen and oxygen atoms in total. The molecule has 1 saturated heterocycles. The number of hydrogen-bond acceptors (Lipinski definition) is 3. The summed E-state index contributed by atoms with van der Waals surface area (Å²) in [4.78, 5) is 23.2. The zero-order chi connectivity index (χ0) is 11.5. The van der Waals surface area contributed by atoms with Gasteiger partial charge in [0.1, 0.15) is 0 Å². The molecule has 1 heterocycles. The molecule has 0 saturated carbocycles. The van der Waals surface area contributed by atoms with Crippen LogP contribution in [0.3, 0.4) is 0 Å². The van der Waals surface area contributed by atoms with Crippen LogP contribution < -0.4 is 5.32 Å². The highest BCUT2D eigenvalue weighted by Gasteiger charge is 2.26. The van der Waals surface area contributed by atoms with Crippen LogP contribution in [0.1, 0.15) is 16.8 Å². The normalized spacial score (nSPS) is 19.8. The van der Waals surface area contributed by atoms with Crippen molar-refractivity contribution >= 4 is 45.4 Å². The van der Waals surface area contributed by atoms with E-state index in [2.05, 4.69) is 27.9 Å². The number of amides is 1. The third-order valence-corrected chi connectivity index (χ3v) is 4.01. The van der Waals surface area contributed by atoms with E-state index in [1.54, 1.807) is 6.07 Å². The van der Waals surface area contributed by atoms with E-state index in [9.17, 15) is 9.59 Å². The lowest BCUT2D eigenvalue weighted by atomic mass is 10.2. The first-order chi connectivity index (χ1) is 7.66. The van der Waals surface area contributed by atoms with Crippen LogP contribution in [0.25, 0.3) is 0 Å². The van der Waals surface area contributed by atoms with Gasteiger partial charge in [0, 0.05) is 14.9 Å². The SMILES string of the molecule is O=C(NC1CCSC1=O)c1cccc(I)c1. The van der Waals surface area contributed by atoms with Crippen molar-refractivity contribution in [2.45, 2.75) is 12.5 Å². The first-order valence-electron chi connectivity index (χ1n) is 4.90. The predicted octanol–water partition coefficient (Wildman–Crippen LogP) is 2.05. The molecule has 1 atom stereocenters. The molecule has 0 aliphatic carbocycles. The van der Waals surface area contributed by atoms with Crippen molar-refractivity contribution < 1.29 is 9.59 Å². The minimum atomic E-state index is -0.310. The fourth-order valence-corrected chi connectivity index (χ4v) is 2.97. The van der Waals surface area contributed by atoms with E-state index in [-0.39, 0.29) is 17.1 Å². The monoisotopic (exact) mass is 347 g/mol. The highest BCUT2D eigenvalue weighted by Crippen LogP contribution is 2.19. The first kappa shape index (κ1) is 11.9. The fraction of sp³-hybridized carbons (Fsp3) is 0.273. The van der Waals surface area contributed by atoms with Gasteiger partial charge in [-0.15, -0.1) is 0 Å². The van der Waals surface area contributed by atoms with E-state index in [0.717, 1.165) is 15.7 Å². The number of nitrogens with one attached hydrogen (secondary N) is 1. The molecule has 1 unspecified atom stereocenters. The quantitative estimate of drug-likeness (QED) is 0.833. The molecule has 84 valence electrons. The predicted molar refractivity (Wildman–Crippen MR) is 72.5 cm³/mol. The molecule has 1 aliphatic rings. The van der Waals surface area contributed by atoms with Crippen LogP contribution in [0.4, 0.5) is 0 Å². The van der Waals surface area contributed by atoms with Crippen LogP contribution in [0.5, 0.6) is 0 Å². The van der Waals surface area contributed by atoms with Gasteiger partial charge >= 0.3 is 0 Å². The fourth-order valence-electron chi connectivity index (χ4n) is 1.50. The molecule has 0 spiro atoms. The van der Waals surface area contributed by atoms with Crippen LogP contribution in [0.2, 0.25) is 0 Å². The third kappa shape index (κ3) is 2.76. The van der Waals surface area contributed by atoms with Crippen LogP contribution >= 0.6 is 34.4 Å². The topological polar surface area (TPSA) is 46.2 Å². The van der Waals surface area contributed by atoms with Gasteiger partial charge in [-0.25, -0.2) is 0 Å². The molecule has 1 aliphatic heterocycles. The van der Waals surface area contributed by atoms with Crippen LogP contribution in [0.15, 0.2) is 24.3 Å². The van der Waals surface area contributed by atoms with Crippen molar-refractivity contribution in [2.24, 2.45) is 0 Å². The second-order valence-corrected chi connectivity index (χ2v) is 5.84. The summed E-state index contributed by atoms with van der Waals surface area (Å²) in [7, 11) is 0. The average Bonchev–Trinajstić information content (AvgIpc) is 2.64. The van der Waals surface area contributed by atoms with Gasteiger partial charge in [-0.05, 0) is 47.2 Å². The number of carbonyl (C=O) groups is 2. The number of halogens is 1. The Kier molecular flexibility index (Phi) is 3.86. The molecule has 5 heteroatoms. The lowest BCUT2D eigenvalue weighted by Crippen LogP contribution is -2.37. The van der Waals surface area contributed by atoms with Crippen molar-refractivity contribution in [1.29, 1.82) is 0 Å². The Morgan fingerprint density at radius 3 is 2.94 bits per heavy atom. The minimum absolute atomic E-state index is 0.0685. The van der Waals surface area contributed by atoms with Gasteiger partial charge in [0.15, 0.2) is 0 Å². The van der Waals surface area contributed by atoms with E-state index < -0.39 is 0 Å². The Bertz CT molecular complexity index is 436. The zero-order valence-electron chi connectivity index (χ0n) is 8.40. The van der Waals surface area contributed by atoms with Gasteiger partial charge in [-0.2, -0.15) is 0 Å². The van der Waals surface area contributed by atoms with Gasteiger partial charge in [0.25, 0.3) is 5.91 Å². The molecule has 2 rings (SSSR count). The Labute approximate surface area is 112 Å². The Balaban J connectivity index is 2.05. The minimum Gasteiger partial charge on any atom is -0.341 e. The van der Waals surface area contributed by atoms with Crippen molar-refractivity contribution in [1.82, 2.24) is 5.32 Å². The Morgan fingerprint density at radius 1 is 1.50 bits per heavy atom. The molecule has 0 bridgehead atoms. The van der Waals surface area contributed by atoms with Gasteiger partial charge in [0.05, 0.1) is 6.04 Å². The highest BCUT2D eigenvalue weighted by molar-refractivity contribution is 14.1. The van der Waals surface area contributed by atoms with Gasteiger partial charge < -0.3 is 5.32 Å². The summed E-state index contributed by atoms with van der Waals surface area (Å²) in [5.41, 5.74) is 0.608. The lowest BCUT2D eigenvalue weighted by molar-refractivity contribution is -0.112. The molecule has 16 heavy (non-hydrogen) atoms. The van der Waals surface area contributed by atoms with Crippen LogP contribution in [-0.4, -0.2) is 22.8 Å². The van der Waals surface area contributed by atoms with Crippen molar-refractivity contribution in [2.75, 3.05) is 5.75 Å². The third-order valence-electron chi connectivity index (χ3n) is 2.33. The van der Waals surface area contributed by atoms with Gasteiger partial charge in [0.2, 0.25) is 5.12 Å². The van der Waals surface area contributed by atoms with Gasteiger partial charge in [-0.3, -0.25) is 9.59 Å². The van der Waals surface area contributed by atoms with Crippen molar-refractivity contribution in [3.63, 3.8) is 0 Å². The van der Waals surface area contributed by atoms with E-state index in [1.807, 2.05) is 18.2 Å². The maximum Gasteiger partial charge on any atom is 0.251 e. The summed E-state index contributed by atoms with van der Waals surface area (Å²) in [6, 6.07) is 7.01. The number of thioether (sulfide) groups is 1. The largest absolute Gasteiger partial charge is 0.341 e. The molecule has 0 aromatic heterocycles. The van der Waals surface area contributed by atoms with E-state index in [0.29, 0.717) is 5.56 Å². The summed E-state index contributed by atoms with van der Waals surface area (Å²) >= 11 is 3.45. The number of rotatable bonds is 2. The molecule has 1 fully saturated rings. The second kappa shape index (κ2) is 5.18. The average molecular weight is 347 g/mol. The molecular formula is C11H10INO2S. The van der Waals surface area contributed by atoms with E-state index in [4.69, 9.17) is 0 Å². The molecule has 1 N–H and O–H groups in total. The standard InChI is InChI=1S/C11H10INO2S/c12-8-3-1-2-7(6-8)10(14)13-9-4-5-16-11(9)15/h1-3,6,9H,4-5H2,(H,13,14).